The van der Waals surface area contributed by atoms with Gasteiger partial charge >= 0.3 is 58.9 Å². The maximum atomic E-state index is 11.2. The summed E-state index contributed by atoms with van der Waals surface area (Å²) in [7, 11) is -4.77. The quantitative estimate of drug-likeness (QED) is 0.138. The van der Waals surface area contributed by atoms with Gasteiger partial charge in [-0.2, -0.15) is 0 Å². The second-order valence-corrected chi connectivity index (χ2v) is 4.69. The van der Waals surface area contributed by atoms with E-state index in [-0.39, 0.29) is 42.0 Å². The molecule has 0 aliphatic rings. The van der Waals surface area contributed by atoms with Crippen LogP contribution in [0.5, 0.6) is 0 Å². The monoisotopic (exact) mass is 327 g/mol. The van der Waals surface area contributed by atoms with Crippen LogP contribution in [0.15, 0.2) is 0 Å². The molecular formula is C8H20CaN2O7P+. The number of rotatable bonds is 8. The van der Waals surface area contributed by atoms with Crippen LogP contribution in [0.3, 0.4) is 0 Å². The first-order chi connectivity index (χ1) is 8.26. The number of nitrogens with two attached hydrogens (primary N) is 2. The van der Waals surface area contributed by atoms with Gasteiger partial charge in [0, 0.05) is 0 Å². The van der Waals surface area contributed by atoms with E-state index in [1.807, 2.05) is 0 Å². The second-order valence-electron chi connectivity index (χ2n) is 3.45. The van der Waals surface area contributed by atoms with E-state index in [2.05, 4.69) is 9.26 Å². The molecule has 0 spiro atoms. The van der Waals surface area contributed by atoms with Gasteiger partial charge < -0.3 is 28.8 Å². The summed E-state index contributed by atoms with van der Waals surface area (Å²) in [6.07, 6.45) is 1.61. The van der Waals surface area contributed by atoms with Crippen molar-refractivity contribution < 1.29 is 37.5 Å². The normalized spacial score (nSPS) is 12.4. The van der Waals surface area contributed by atoms with E-state index in [4.69, 9.17) is 21.3 Å². The molecule has 0 saturated heterocycles. The summed E-state index contributed by atoms with van der Waals surface area (Å²) >= 11 is 0. The Morgan fingerprint density at radius 3 is 2.42 bits per heavy atom. The molecule has 19 heavy (non-hydrogen) atoms. The van der Waals surface area contributed by atoms with Crippen LogP contribution in [0.2, 0.25) is 0 Å². The van der Waals surface area contributed by atoms with Crippen LogP contribution in [0.25, 0.3) is 0 Å². The van der Waals surface area contributed by atoms with E-state index < -0.39 is 32.4 Å². The summed E-state index contributed by atoms with van der Waals surface area (Å²) in [5.74, 6) is -2.18. The zero-order chi connectivity index (χ0) is 14.2. The Balaban J connectivity index is -0.000000241. The van der Waals surface area contributed by atoms with Crippen molar-refractivity contribution in [3.05, 3.63) is 0 Å². The van der Waals surface area contributed by atoms with E-state index in [1.54, 1.807) is 0 Å². The first-order valence-electron chi connectivity index (χ1n) is 5.16. The molecule has 0 saturated carbocycles. The molecule has 11 heteroatoms. The topological polar surface area (TPSA) is 162 Å². The van der Waals surface area contributed by atoms with Gasteiger partial charge in [0.25, 0.3) is 0 Å². The molecule has 9 nitrogen and oxygen atoms in total. The third-order valence-electron chi connectivity index (χ3n) is 1.84. The van der Waals surface area contributed by atoms with Crippen molar-refractivity contribution in [2.24, 2.45) is 11.5 Å². The summed E-state index contributed by atoms with van der Waals surface area (Å²) in [5, 5.41) is 0. The van der Waals surface area contributed by atoms with E-state index in [0.717, 1.165) is 0 Å². The molecular weight excluding hydrogens is 307 g/mol. The predicted octanol–water partition coefficient (Wildman–Crippen LogP) is -1.42. The van der Waals surface area contributed by atoms with Crippen LogP contribution in [0.1, 0.15) is 23.5 Å². The summed E-state index contributed by atoms with van der Waals surface area (Å²) in [6.45, 7) is -0.553. The van der Waals surface area contributed by atoms with Crippen molar-refractivity contribution in [1.82, 2.24) is 0 Å². The number of carbonyl (C=O) groups excluding carboxylic acids is 2. The van der Waals surface area contributed by atoms with Crippen LogP contribution >= 0.6 is 7.82 Å². The van der Waals surface area contributed by atoms with Crippen LogP contribution in [0.4, 0.5) is 0 Å². The van der Waals surface area contributed by atoms with Crippen LogP contribution < -0.4 is 11.5 Å². The molecule has 0 aliphatic heterocycles. The van der Waals surface area contributed by atoms with Gasteiger partial charge in [-0.25, -0.2) is 14.2 Å². The third kappa shape index (κ3) is 13.2. The molecule has 0 aliphatic carbocycles. The van der Waals surface area contributed by atoms with Crippen molar-refractivity contribution in [2.75, 3.05) is 13.2 Å². The van der Waals surface area contributed by atoms with Gasteiger partial charge in [-0.05, 0) is 19.4 Å². The number of hydrogen-bond donors (Lipinski definition) is 4. The Morgan fingerprint density at radius 1 is 1.37 bits per heavy atom. The molecule has 0 aromatic heterocycles. The van der Waals surface area contributed by atoms with E-state index >= 15 is 0 Å². The van der Waals surface area contributed by atoms with E-state index in [1.165, 1.54) is 0 Å². The zero-order valence-electron chi connectivity index (χ0n) is 13.4. The molecule has 0 rings (SSSR count). The summed E-state index contributed by atoms with van der Waals surface area (Å²) < 4.78 is 18.4. The molecule has 0 radical (unpaired) electrons. The fourth-order valence-electron chi connectivity index (χ4n) is 0.981. The molecule has 0 fully saturated rings. The Labute approximate surface area is 144 Å². The molecule has 1 atom stereocenters. The van der Waals surface area contributed by atoms with Gasteiger partial charge in [0.15, 0.2) is 6.61 Å². The summed E-state index contributed by atoms with van der Waals surface area (Å²) in [5.41, 5.74) is 10.7. The van der Waals surface area contributed by atoms with Crippen molar-refractivity contribution in [3.63, 3.8) is 0 Å². The Kier molecular flexibility index (Phi) is 12.7. The minimum Gasteiger partial charge on any atom is -1.00 e. The van der Waals surface area contributed by atoms with Crippen LogP contribution in [-0.4, -0.2) is 78.7 Å². The smallest absolute Gasteiger partial charge is 1.00 e. The van der Waals surface area contributed by atoms with Crippen molar-refractivity contribution >= 4 is 57.5 Å². The van der Waals surface area contributed by atoms with Gasteiger partial charge in [-0.1, -0.05) is 6.42 Å². The van der Waals surface area contributed by atoms with Gasteiger partial charge in [-0.3, -0.25) is 4.52 Å². The molecule has 0 amide bonds. The number of unbranched alkanes of at least 4 members (excludes halogenated alkanes) is 1. The standard InChI is InChI=1S/C8H17N2O7P.Ca.2H/c9-4-2-1-3-6(10)8(12)17-7(11)5-16-18(13,14)15;;;/h6H,1-5,9-10H2,(H2,13,14,15);;;/q;+2;2*-1/p+1/t6-;;;/m0.../s1. The molecule has 0 bridgehead atoms. The zero-order valence-corrected chi connectivity index (χ0v) is 13.5. The molecule has 110 valence electrons. The predicted molar refractivity (Wildman–Crippen MR) is 69.1 cm³/mol. The minimum atomic E-state index is -4.77. The first-order valence-corrected chi connectivity index (χ1v) is 6.69. The number of phosphoric acid groups is 1. The number of ether oxygens (including phenoxy) is 1. The minimum absolute atomic E-state index is 0. The largest absolute Gasteiger partial charge is 2.00 e. The number of phosphoric ester groups is 1. The Hall–Kier alpha value is 0.430. The number of hydrogen-bond acceptors (Lipinski definition) is 7. The third-order valence-corrected chi connectivity index (χ3v) is 2.30. The Morgan fingerprint density at radius 2 is 1.95 bits per heavy atom. The molecule has 0 aromatic carbocycles. The first kappa shape index (κ1) is 21.7. The van der Waals surface area contributed by atoms with Crippen molar-refractivity contribution in [1.29, 1.82) is 0 Å². The van der Waals surface area contributed by atoms with E-state index in [9.17, 15) is 14.2 Å². The summed E-state index contributed by atoms with van der Waals surface area (Å²) in [6, 6.07) is -0.976. The molecule has 0 heterocycles. The average Bonchev–Trinajstić information content (AvgIpc) is 2.25. The van der Waals surface area contributed by atoms with Crippen molar-refractivity contribution in [2.45, 2.75) is 25.3 Å². The number of esters is 2. The van der Waals surface area contributed by atoms with Crippen LogP contribution in [0, 0.1) is 0 Å². The molecule has 0 unspecified atom stereocenters. The van der Waals surface area contributed by atoms with Gasteiger partial charge in [0.1, 0.15) is 6.04 Å². The van der Waals surface area contributed by atoms with Gasteiger partial charge in [-0.15, -0.1) is 0 Å². The fourth-order valence-corrected chi connectivity index (χ4v) is 1.25. The van der Waals surface area contributed by atoms with Gasteiger partial charge in [0.05, 0.1) is 0 Å². The maximum Gasteiger partial charge on any atom is 2.00 e. The molecule has 6 N–H and O–H groups in total. The number of carbonyl (C=O) groups is 2. The fraction of sp³-hybridized carbons (Fsp3) is 0.750. The van der Waals surface area contributed by atoms with Crippen molar-refractivity contribution in [3.8, 4) is 0 Å². The Bertz CT molecular complexity index is 348. The SMILES string of the molecule is NCCCC[C@H](N)C(=O)OC(=O)COP(=O)(O)O.[Ca+2].[H+].[H-].[H-]. The maximum absolute atomic E-state index is 11.2. The molecule has 0 aromatic rings. The van der Waals surface area contributed by atoms with Crippen LogP contribution in [-0.2, 0) is 23.4 Å². The average molecular weight is 327 g/mol. The van der Waals surface area contributed by atoms with Gasteiger partial charge in [0.2, 0.25) is 0 Å². The van der Waals surface area contributed by atoms with E-state index in [0.29, 0.717) is 25.8 Å². The second kappa shape index (κ2) is 11.1. The summed E-state index contributed by atoms with van der Waals surface area (Å²) in [4.78, 5) is 38.8.